The maximum absolute atomic E-state index is 12.5. The number of carboxylic acid groups (broad SMARTS) is 1. The van der Waals surface area contributed by atoms with Crippen molar-refractivity contribution in [3.05, 3.63) is 0 Å². The number of carbonyl (C=O) groups is 2. The molecular weight excluding hydrogens is 270 g/mol. The number of carbonyl (C=O) groups excluding carboxylic acids is 1. The number of hydrogen-bond donors (Lipinski definition) is 1. The standard InChI is InChI=1S/C16H27NO4/c1-12(21-13-8-4-2-3-5-9-13)15(18)17-11-7-6-10-14(17)16(19)20/h12-14H,2-11H2,1H3,(H,19,20)/t12?,14-/m1/s1. The van der Waals surface area contributed by atoms with Crippen molar-refractivity contribution in [1.29, 1.82) is 0 Å². The van der Waals surface area contributed by atoms with Gasteiger partial charge in [0.25, 0.3) is 5.91 Å². The van der Waals surface area contributed by atoms with Gasteiger partial charge in [0.2, 0.25) is 0 Å². The second-order valence-corrected chi connectivity index (χ2v) is 6.27. The summed E-state index contributed by atoms with van der Waals surface area (Å²) >= 11 is 0. The summed E-state index contributed by atoms with van der Waals surface area (Å²) in [6.45, 7) is 2.30. The Morgan fingerprint density at radius 1 is 1.05 bits per heavy atom. The first-order valence-corrected chi connectivity index (χ1v) is 8.28. The molecule has 0 radical (unpaired) electrons. The summed E-state index contributed by atoms with van der Waals surface area (Å²) in [7, 11) is 0. The number of ether oxygens (including phenoxy) is 1. The Labute approximate surface area is 126 Å². The van der Waals surface area contributed by atoms with E-state index in [1.807, 2.05) is 0 Å². The molecule has 2 aliphatic rings. The van der Waals surface area contributed by atoms with Crippen LogP contribution in [0.3, 0.4) is 0 Å². The van der Waals surface area contributed by atoms with E-state index in [2.05, 4.69) is 0 Å². The fourth-order valence-corrected chi connectivity index (χ4v) is 3.41. The third-order valence-corrected chi connectivity index (χ3v) is 4.62. The summed E-state index contributed by atoms with van der Waals surface area (Å²) in [5, 5.41) is 9.26. The van der Waals surface area contributed by atoms with Gasteiger partial charge in [-0.25, -0.2) is 4.79 Å². The van der Waals surface area contributed by atoms with Crippen LogP contribution < -0.4 is 0 Å². The molecule has 0 bridgehead atoms. The Morgan fingerprint density at radius 2 is 1.67 bits per heavy atom. The van der Waals surface area contributed by atoms with Crippen molar-refractivity contribution in [2.45, 2.75) is 83.0 Å². The van der Waals surface area contributed by atoms with Gasteiger partial charge < -0.3 is 14.7 Å². The molecule has 21 heavy (non-hydrogen) atoms. The summed E-state index contributed by atoms with van der Waals surface area (Å²) in [5.74, 6) is -1.06. The Hall–Kier alpha value is -1.10. The molecule has 2 rings (SSSR count). The van der Waals surface area contributed by atoms with E-state index < -0.39 is 18.1 Å². The largest absolute Gasteiger partial charge is 0.480 e. The molecule has 2 atom stereocenters. The highest BCUT2D eigenvalue weighted by atomic mass is 16.5. The van der Waals surface area contributed by atoms with Crippen LogP contribution in [0.15, 0.2) is 0 Å². The van der Waals surface area contributed by atoms with Crippen LogP contribution in [0.25, 0.3) is 0 Å². The van der Waals surface area contributed by atoms with E-state index in [4.69, 9.17) is 4.74 Å². The Balaban J connectivity index is 1.92. The van der Waals surface area contributed by atoms with Gasteiger partial charge in [0.15, 0.2) is 0 Å². The highest BCUT2D eigenvalue weighted by molar-refractivity contribution is 5.86. The highest BCUT2D eigenvalue weighted by Gasteiger charge is 2.35. The predicted octanol–water partition coefficient (Wildman–Crippen LogP) is 2.58. The third kappa shape index (κ3) is 4.43. The van der Waals surface area contributed by atoms with Crippen LogP contribution in [-0.4, -0.2) is 46.7 Å². The van der Waals surface area contributed by atoms with Crippen molar-refractivity contribution in [3.63, 3.8) is 0 Å². The van der Waals surface area contributed by atoms with Gasteiger partial charge in [0, 0.05) is 6.54 Å². The summed E-state index contributed by atoms with van der Waals surface area (Å²) in [6, 6.07) is -0.675. The molecule has 5 nitrogen and oxygen atoms in total. The normalized spacial score (nSPS) is 26.1. The lowest BCUT2D eigenvalue weighted by Crippen LogP contribution is -2.51. The molecule has 0 spiro atoms. The van der Waals surface area contributed by atoms with Gasteiger partial charge in [0.05, 0.1) is 6.10 Å². The molecule has 0 aromatic heterocycles. The minimum absolute atomic E-state index is 0.152. The van der Waals surface area contributed by atoms with Crippen molar-refractivity contribution in [3.8, 4) is 0 Å². The van der Waals surface area contributed by atoms with Gasteiger partial charge in [-0.05, 0) is 39.0 Å². The van der Waals surface area contributed by atoms with Crippen LogP contribution in [0, 0.1) is 0 Å². The lowest BCUT2D eigenvalue weighted by Gasteiger charge is -2.35. The van der Waals surface area contributed by atoms with E-state index in [1.54, 1.807) is 6.92 Å². The lowest BCUT2D eigenvalue weighted by molar-refractivity contribution is -0.159. The van der Waals surface area contributed by atoms with Gasteiger partial charge >= 0.3 is 5.97 Å². The summed E-state index contributed by atoms with van der Waals surface area (Å²) in [6.07, 6.45) is 8.76. The van der Waals surface area contributed by atoms with Crippen molar-refractivity contribution < 1.29 is 19.4 Å². The van der Waals surface area contributed by atoms with Crippen LogP contribution >= 0.6 is 0 Å². The number of amides is 1. The highest BCUT2D eigenvalue weighted by Crippen LogP contribution is 2.23. The van der Waals surface area contributed by atoms with E-state index in [9.17, 15) is 14.7 Å². The van der Waals surface area contributed by atoms with E-state index >= 15 is 0 Å². The van der Waals surface area contributed by atoms with E-state index in [-0.39, 0.29) is 12.0 Å². The topological polar surface area (TPSA) is 66.8 Å². The molecule has 1 amide bonds. The predicted molar refractivity (Wildman–Crippen MR) is 79.0 cm³/mol. The Kier molecular flexibility index (Phi) is 6.03. The molecule has 1 N–H and O–H groups in total. The number of hydrogen-bond acceptors (Lipinski definition) is 3. The second kappa shape index (κ2) is 7.78. The third-order valence-electron chi connectivity index (χ3n) is 4.62. The number of aliphatic carboxylic acids is 1. The molecule has 1 heterocycles. The molecule has 0 aromatic carbocycles. The fraction of sp³-hybridized carbons (Fsp3) is 0.875. The molecule has 1 saturated carbocycles. The second-order valence-electron chi connectivity index (χ2n) is 6.27. The molecule has 0 aromatic rings. The van der Waals surface area contributed by atoms with Gasteiger partial charge in [0.1, 0.15) is 12.1 Å². The van der Waals surface area contributed by atoms with Gasteiger partial charge in [-0.2, -0.15) is 0 Å². The maximum atomic E-state index is 12.5. The fourth-order valence-electron chi connectivity index (χ4n) is 3.41. The average molecular weight is 297 g/mol. The zero-order valence-electron chi connectivity index (χ0n) is 12.9. The van der Waals surface area contributed by atoms with Crippen molar-refractivity contribution in [2.75, 3.05) is 6.54 Å². The van der Waals surface area contributed by atoms with E-state index in [1.165, 1.54) is 17.7 Å². The van der Waals surface area contributed by atoms with Crippen LogP contribution in [0.4, 0.5) is 0 Å². The van der Waals surface area contributed by atoms with Gasteiger partial charge in [-0.3, -0.25) is 4.79 Å². The number of nitrogens with zero attached hydrogens (tertiary/aromatic N) is 1. The van der Waals surface area contributed by atoms with E-state index in [0.717, 1.165) is 38.5 Å². The first kappa shape index (κ1) is 16.3. The lowest BCUT2D eigenvalue weighted by atomic mass is 10.0. The number of rotatable bonds is 4. The van der Waals surface area contributed by atoms with Gasteiger partial charge in [-0.1, -0.05) is 25.7 Å². The maximum Gasteiger partial charge on any atom is 0.326 e. The van der Waals surface area contributed by atoms with Crippen molar-refractivity contribution in [2.24, 2.45) is 0 Å². The van der Waals surface area contributed by atoms with Crippen LogP contribution in [0.2, 0.25) is 0 Å². The zero-order valence-corrected chi connectivity index (χ0v) is 12.9. The number of likely N-dealkylation sites (tertiary alicyclic amines) is 1. The molecule has 120 valence electrons. The molecule has 1 saturated heterocycles. The quantitative estimate of drug-likeness (QED) is 0.810. The Bertz CT molecular complexity index is 363. The molecule has 2 fully saturated rings. The SMILES string of the molecule is CC(OC1CCCCCC1)C(=O)N1CCCC[C@@H]1C(=O)O. The smallest absolute Gasteiger partial charge is 0.326 e. The van der Waals surface area contributed by atoms with Crippen molar-refractivity contribution in [1.82, 2.24) is 4.90 Å². The molecule has 1 aliphatic carbocycles. The molecule has 1 unspecified atom stereocenters. The number of carboxylic acids is 1. The minimum atomic E-state index is -0.898. The first-order valence-electron chi connectivity index (χ1n) is 8.28. The summed E-state index contributed by atoms with van der Waals surface area (Å²) in [5.41, 5.74) is 0. The molecule has 1 aliphatic heterocycles. The molecular formula is C16H27NO4. The minimum Gasteiger partial charge on any atom is -0.480 e. The summed E-state index contributed by atoms with van der Waals surface area (Å²) < 4.78 is 5.93. The van der Waals surface area contributed by atoms with Crippen molar-refractivity contribution >= 4 is 11.9 Å². The van der Waals surface area contributed by atoms with E-state index in [0.29, 0.717) is 13.0 Å². The Morgan fingerprint density at radius 3 is 2.29 bits per heavy atom. The monoisotopic (exact) mass is 297 g/mol. The first-order chi connectivity index (χ1) is 10.1. The molecule has 5 heteroatoms. The summed E-state index contributed by atoms with van der Waals surface area (Å²) in [4.78, 5) is 25.3. The average Bonchev–Trinajstić information content (AvgIpc) is 2.75. The number of piperidine rings is 1. The van der Waals surface area contributed by atoms with Crippen LogP contribution in [-0.2, 0) is 14.3 Å². The van der Waals surface area contributed by atoms with Crippen LogP contribution in [0.5, 0.6) is 0 Å². The van der Waals surface area contributed by atoms with Gasteiger partial charge in [-0.15, -0.1) is 0 Å². The van der Waals surface area contributed by atoms with Crippen LogP contribution in [0.1, 0.15) is 64.7 Å². The zero-order chi connectivity index (χ0) is 15.2.